The molecule has 0 aliphatic heterocycles. The van der Waals surface area contributed by atoms with Gasteiger partial charge in [-0.1, -0.05) is 0 Å². The Bertz CT molecular complexity index is 447. The lowest BCUT2D eigenvalue weighted by atomic mass is 10.1. The molecule has 0 saturated carbocycles. The van der Waals surface area contributed by atoms with Gasteiger partial charge in [0, 0.05) is 18.6 Å². The Kier molecular flexibility index (Phi) is 4.58. The van der Waals surface area contributed by atoms with Gasteiger partial charge in [-0.15, -0.1) is 0 Å². The number of rotatable bonds is 4. The largest absolute Gasteiger partial charge is 0.460 e. The fourth-order valence-corrected chi connectivity index (χ4v) is 1.12. The Morgan fingerprint density at radius 1 is 1.47 bits per heavy atom. The van der Waals surface area contributed by atoms with Crippen LogP contribution in [0.2, 0.25) is 0 Å². The van der Waals surface area contributed by atoms with Crippen LogP contribution in [-0.2, 0) is 16.0 Å². The molecule has 1 aromatic heterocycles. The molecule has 0 bridgehead atoms. The van der Waals surface area contributed by atoms with E-state index < -0.39 is 18.0 Å². The van der Waals surface area contributed by atoms with Gasteiger partial charge in [0.1, 0.15) is 6.10 Å². The first-order chi connectivity index (χ1) is 8.17. The van der Waals surface area contributed by atoms with Gasteiger partial charge >= 0.3 is 5.97 Å². The smallest absolute Gasteiger partial charge is 0.312 e. The van der Waals surface area contributed by atoms with Crippen LogP contribution < -0.4 is 0 Å². The van der Waals surface area contributed by atoms with E-state index in [9.17, 15) is 4.79 Å². The summed E-state index contributed by atoms with van der Waals surface area (Å²) < 4.78 is 4.95. The zero-order valence-corrected chi connectivity index (χ0v) is 9.20. The molecule has 86 valence electrons. The lowest BCUT2D eigenvalue weighted by Gasteiger charge is -2.12. The van der Waals surface area contributed by atoms with Crippen LogP contribution in [0.1, 0.15) is 12.6 Å². The molecule has 17 heavy (non-hydrogen) atoms. The van der Waals surface area contributed by atoms with Crippen molar-refractivity contribution in [3.05, 3.63) is 24.3 Å². The number of aromatic nitrogens is 2. The summed E-state index contributed by atoms with van der Waals surface area (Å²) in [5.74, 6) is -1.49. The Morgan fingerprint density at radius 3 is 2.71 bits per heavy atom. The molecule has 1 heterocycles. The maximum atomic E-state index is 11.5. The number of carbonyl (C=O) groups is 1. The molecular weight excluding hydrogens is 220 g/mol. The molecule has 0 N–H and O–H groups in total. The van der Waals surface area contributed by atoms with Crippen molar-refractivity contribution in [3.8, 4) is 12.1 Å². The van der Waals surface area contributed by atoms with E-state index in [1.807, 2.05) is 0 Å². The van der Waals surface area contributed by atoms with Crippen LogP contribution in [0.3, 0.4) is 0 Å². The van der Waals surface area contributed by atoms with E-state index in [2.05, 4.69) is 9.97 Å². The minimum atomic E-state index is -0.958. The van der Waals surface area contributed by atoms with Crippen molar-refractivity contribution in [2.45, 2.75) is 19.4 Å². The first-order valence-electron chi connectivity index (χ1n) is 4.91. The normalized spacial score (nSPS) is 11.3. The predicted molar refractivity (Wildman–Crippen MR) is 56.0 cm³/mol. The number of carbonyl (C=O) groups excluding carboxylic acids is 1. The van der Waals surface area contributed by atoms with Gasteiger partial charge in [-0.2, -0.15) is 10.5 Å². The number of nitrogens with zero attached hydrogens (tertiary/aromatic N) is 4. The van der Waals surface area contributed by atoms with E-state index in [1.54, 1.807) is 12.1 Å². The Balaban J connectivity index is 2.52. The van der Waals surface area contributed by atoms with Crippen molar-refractivity contribution < 1.29 is 9.53 Å². The van der Waals surface area contributed by atoms with Crippen molar-refractivity contribution in [2.75, 3.05) is 0 Å². The predicted octanol–water partition coefficient (Wildman–Crippen LogP) is 0.614. The second-order valence-corrected chi connectivity index (χ2v) is 3.30. The van der Waals surface area contributed by atoms with E-state index in [0.717, 1.165) is 0 Å². The Morgan fingerprint density at radius 2 is 2.18 bits per heavy atom. The van der Waals surface area contributed by atoms with Crippen molar-refractivity contribution in [2.24, 2.45) is 5.92 Å². The van der Waals surface area contributed by atoms with Crippen LogP contribution in [0.25, 0.3) is 0 Å². The summed E-state index contributed by atoms with van der Waals surface area (Å²) in [6, 6.07) is 3.51. The number of ether oxygens (including phenoxy) is 1. The fraction of sp³-hybridized carbons (Fsp3) is 0.364. The average Bonchev–Trinajstić information content (AvgIpc) is 2.31. The fourth-order valence-electron chi connectivity index (χ4n) is 1.12. The summed E-state index contributed by atoms with van der Waals surface area (Å²) in [7, 11) is 0. The maximum Gasteiger partial charge on any atom is 0.312 e. The molecule has 0 aliphatic rings. The molecule has 6 heteroatoms. The third kappa shape index (κ3) is 3.88. The standard InChI is InChI=1S/C11H10N4O2/c1-8(9(5-12)6-13)17-11(16)4-10-7-14-2-3-15-10/h2-3,7-9H,4H2,1H3. The van der Waals surface area contributed by atoms with Gasteiger partial charge in [-0.25, -0.2) is 0 Å². The van der Waals surface area contributed by atoms with Gasteiger partial charge in [0.05, 0.1) is 24.3 Å². The van der Waals surface area contributed by atoms with Gasteiger partial charge < -0.3 is 4.74 Å². The molecule has 1 aromatic rings. The minimum Gasteiger partial charge on any atom is -0.460 e. The third-order valence-electron chi connectivity index (χ3n) is 2.01. The second-order valence-electron chi connectivity index (χ2n) is 3.30. The quantitative estimate of drug-likeness (QED) is 0.702. The van der Waals surface area contributed by atoms with Crippen LogP contribution in [0.4, 0.5) is 0 Å². The molecule has 0 amide bonds. The van der Waals surface area contributed by atoms with Gasteiger partial charge in [0.25, 0.3) is 0 Å². The van der Waals surface area contributed by atoms with Crippen LogP contribution in [0, 0.1) is 28.6 Å². The molecule has 1 rings (SSSR count). The summed E-state index contributed by atoms with van der Waals surface area (Å²) in [4.78, 5) is 19.2. The summed E-state index contributed by atoms with van der Waals surface area (Å²) in [6.45, 7) is 1.51. The van der Waals surface area contributed by atoms with Gasteiger partial charge in [-0.3, -0.25) is 14.8 Å². The van der Waals surface area contributed by atoms with Crippen molar-refractivity contribution in [3.63, 3.8) is 0 Å². The van der Waals surface area contributed by atoms with Crippen molar-refractivity contribution in [1.82, 2.24) is 9.97 Å². The highest BCUT2D eigenvalue weighted by atomic mass is 16.5. The van der Waals surface area contributed by atoms with Gasteiger partial charge in [-0.05, 0) is 6.92 Å². The highest BCUT2D eigenvalue weighted by molar-refractivity contribution is 5.72. The molecule has 0 aliphatic carbocycles. The number of hydrogen-bond donors (Lipinski definition) is 0. The van der Waals surface area contributed by atoms with E-state index in [0.29, 0.717) is 5.69 Å². The summed E-state index contributed by atoms with van der Waals surface area (Å²) >= 11 is 0. The Labute approximate surface area is 98.5 Å². The first-order valence-corrected chi connectivity index (χ1v) is 4.91. The molecule has 1 atom stereocenters. The molecule has 1 unspecified atom stereocenters. The van der Waals surface area contributed by atoms with Crippen molar-refractivity contribution in [1.29, 1.82) is 10.5 Å². The van der Waals surface area contributed by atoms with Crippen molar-refractivity contribution >= 4 is 5.97 Å². The van der Waals surface area contributed by atoms with E-state index in [4.69, 9.17) is 15.3 Å². The minimum absolute atomic E-state index is 0.0260. The Hall–Kier alpha value is -2.47. The average molecular weight is 230 g/mol. The molecule has 0 fully saturated rings. The lowest BCUT2D eigenvalue weighted by molar-refractivity contribution is -0.148. The molecule has 0 radical (unpaired) electrons. The third-order valence-corrected chi connectivity index (χ3v) is 2.01. The zero-order valence-electron chi connectivity index (χ0n) is 9.20. The summed E-state index contributed by atoms with van der Waals surface area (Å²) in [5, 5.41) is 17.2. The first kappa shape index (κ1) is 12.6. The van der Waals surface area contributed by atoms with E-state index in [-0.39, 0.29) is 6.42 Å². The highest BCUT2D eigenvalue weighted by Crippen LogP contribution is 2.07. The number of nitriles is 2. The lowest BCUT2D eigenvalue weighted by Crippen LogP contribution is -2.23. The highest BCUT2D eigenvalue weighted by Gasteiger charge is 2.20. The number of hydrogen-bond acceptors (Lipinski definition) is 6. The van der Waals surface area contributed by atoms with Gasteiger partial charge in [0.15, 0.2) is 5.92 Å². The number of esters is 1. The van der Waals surface area contributed by atoms with Crippen LogP contribution in [-0.4, -0.2) is 22.0 Å². The monoisotopic (exact) mass is 230 g/mol. The van der Waals surface area contributed by atoms with E-state index in [1.165, 1.54) is 25.5 Å². The molecule has 0 spiro atoms. The van der Waals surface area contributed by atoms with Gasteiger partial charge in [0.2, 0.25) is 0 Å². The second kappa shape index (κ2) is 6.19. The molecular formula is C11H10N4O2. The van der Waals surface area contributed by atoms with Crippen LogP contribution in [0.15, 0.2) is 18.6 Å². The van der Waals surface area contributed by atoms with Crippen LogP contribution in [0.5, 0.6) is 0 Å². The molecule has 6 nitrogen and oxygen atoms in total. The van der Waals surface area contributed by atoms with E-state index >= 15 is 0 Å². The maximum absolute atomic E-state index is 11.5. The molecule has 0 aromatic carbocycles. The molecule has 0 saturated heterocycles. The summed E-state index contributed by atoms with van der Waals surface area (Å²) in [6.07, 6.45) is 3.65. The topological polar surface area (TPSA) is 99.7 Å². The SMILES string of the molecule is CC(OC(=O)Cc1cnccn1)C(C#N)C#N. The summed E-state index contributed by atoms with van der Waals surface area (Å²) in [5.41, 5.74) is 0.482. The zero-order chi connectivity index (χ0) is 12.7. The van der Waals surface area contributed by atoms with Crippen LogP contribution >= 0.6 is 0 Å².